The monoisotopic (exact) mass is 1790 g/mol. The molecule has 0 spiro atoms. The quantitative estimate of drug-likeness (QED) is 0.0716. The molecule has 14 rings (SSSR count). The van der Waals surface area contributed by atoms with E-state index in [0.29, 0.717) is 63.9 Å². The van der Waals surface area contributed by atoms with Crippen LogP contribution in [-0.2, 0) is 74.0 Å². The standard InChI is InChI=1S/C34H41N5O5.C32H37N5O5.C28H36N6O3.2C4H10/c1-19(2)29-30(40)36-20(3)31(41)39-14-8-11-27(38-39)32(42)44-21(4)22-12-13-24-18-35-28(17-25(24)15-22)23-9-7-10-26(16-23)34(5,6)33(43)37-29;1-18(2)29-30(39)34-19(3)31(40)37-12-6-9-26(36-37)32(41)42-20(4)22-10-11-24-17-33-27(16-25(24)15-22)23-8-5-7-21(13-23)14-28(38)35-29;1-16(2)25-27(36)32-19(5)28(37)34-12-6-7-24(33-34)26(35)31-18(4)20-9-10-21-15-29-23(14-22(21)13-20)11-8-17(3)30-25;2*1-3-4-2/h7,9-10,12-13,15-21,27,29,38H,8,11,14H2,1-6H3,(H,36,40)(H,37,43);5,7-8,10-11,13,15-20,26,29,36H,6,9,12,14H2,1-4H3,(H,34,39)(H,35,38);8-11,13-16,18-19,24-25,30,33H,3,6-7,12H2,1-2,4-5H3,(H,31,35)(H,32,36);2*3-4H2,1-2H3/b;;11-8-;;/t20-,21+,27?,29-;19-,20+,26-,29-;18-,19+,24+,25+;;/m001../s1. The number of esters is 2. The summed E-state index contributed by atoms with van der Waals surface area (Å²) in [5.41, 5.74) is 16.8. The fourth-order valence-corrected chi connectivity index (χ4v) is 15.7. The Hall–Kier alpha value is -12.3. The van der Waals surface area contributed by atoms with E-state index in [1.165, 1.54) is 40.7 Å². The number of rotatable bonds is 5. The highest BCUT2D eigenvalue weighted by Gasteiger charge is 2.40. The van der Waals surface area contributed by atoms with Gasteiger partial charge in [-0.25, -0.2) is 16.3 Å². The third kappa shape index (κ3) is 26.7. The molecule has 5 aromatic carbocycles. The van der Waals surface area contributed by atoms with Crippen molar-refractivity contribution in [1.82, 2.24) is 83.5 Å². The van der Waals surface area contributed by atoms with Gasteiger partial charge in [0.15, 0.2) is 0 Å². The Bertz CT molecular complexity index is 5470. The molecule has 9 heterocycles. The van der Waals surface area contributed by atoms with Crippen LogP contribution in [0.5, 0.6) is 0 Å². The minimum atomic E-state index is -0.974. The fraction of sp³-hybridized carbons (Fsp3) is 0.471. The van der Waals surface area contributed by atoms with Crippen LogP contribution in [0.25, 0.3) is 60.9 Å². The van der Waals surface area contributed by atoms with E-state index in [4.69, 9.17) is 9.47 Å². The van der Waals surface area contributed by atoms with Crippen molar-refractivity contribution < 1.29 is 62.2 Å². The van der Waals surface area contributed by atoms with Crippen molar-refractivity contribution in [1.29, 1.82) is 0 Å². The molecule has 19 bridgehead atoms. The molecule has 3 fully saturated rings. The van der Waals surface area contributed by atoms with Crippen molar-refractivity contribution >= 4 is 103 Å². The first-order chi connectivity index (χ1) is 62.4. The molecule has 29 heteroatoms. The summed E-state index contributed by atoms with van der Waals surface area (Å²) in [6, 6.07) is 32.0. The molecule has 6 aliphatic heterocycles. The maximum absolute atomic E-state index is 13.7. The lowest BCUT2D eigenvalue weighted by Gasteiger charge is -2.35. The molecule has 12 atom stereocenters. The Balaban J connectivity index is 0.000000196. The number of cyclic esters (lactones) is 2. The second-order valence-corrected chi connectivity index (χ2v) is 36.4. The summed E-state index contributed by atoms with van der Waals surface area (Å²) in [5.74, 6) is -4.43. The number of amides is 9. The smallest absolute Gasteiger partial charge is 0.325 e. The number of unbranched alkanes of at least 4 members (excludes halogenated alkanes) is 2. The molecule has 6 aliphatic rings. The molecule has 29 nitrogen and oxygen atoms in total. The van der Waals surface area contributed by atoms with Gasteiger partial charge in [-0.2, -0.15) is 0 Å². The molecule has 3 saturated heterocycles. The van der Waals surface area contributed by atoms with Crippen LogP contribution in [0.1, 0.15) is 241 Å². The van der Waals surface area contributed by atoms with Gasteiger partial charge in [0.2, 0.25) is 35.4 Å². The van der Waals surface area contributed by atoms with Gasteiger partial charge in [-0.3, -0.25) is 82.7 Å². The van der Waals surface area contributed by atoms with Crippen molar-refractivity contribution in [3.05, 3.63) is 192 Å². The summed E-state index contributed by atoms with van der Waals surface area (Å²) in [4.78, 5) is 159. The van der Waals surface area contributed by atoms with Gasteiger partial charge in [-0.05, 0) is 216 Å². The number of carbonyl (C=O) groups excluding carboxylic acids is 11. The molecule has 3 aromatic heterocycles. The van der Waals surface area contributed by atoms with E-state index in [9.17, 15) is 52.7 Å². The molecular formula is C102H134N16O13. The predicted octanol–water partition coefficient (Wildman–Crippen LogP) is 13.3. The van der Waals surface area contributed by atoms with Gasteiger partial charge < -0.3 is 46.7 Å². The van der Waals surface area contributed by atoms with Crippen LogP contribution in [0.4, 0.5) is 0 Å². The largest absolute Gasteiger partial charge is 0.457 e. The first-order valence-corrected chi connectivity index (χ1v) is 46.4. The lowest BCUT2D eigenvalue weighted by Crippen LogP contribution is -2.61. The molecule has 0 radical (unpaired) electrons. The van der Waals surface area contributed by atoms with Gasteiger partial charge in [0.1, 0.15) is 66.6 Å². The lowest BCUT2D eigenvalue weighted by atomic mass is 9.82. The number of pyridine rings is 3. The Morgan fingerprint density at radius 3 is 1.27 bits per heavy atom. The Labute approximate surface area is 770 Å². The van der Waals surface area contributed by atoms with Crippen LogP contribution in [0, 0.1) is 17.8 Å². The number of fused-ring (bicyclic) bond motifs is 18. The molecule has 10 N–H and O–H groups in total. The average molecular weight is 1790 g/mol. The number of hydrogen-bond acceptors (Lipinski definition) is 20. The van der Waals surface area contributed by atoms with E-state index in [2.05, 4.69) is 109 Å². The first-order valence-electron chi connectivity index (χ1n) is 46.4. The second-order valence-electron chi connectivity index (χ2n) is 36.4. The highest BCUT2D eigenvalue weighted by Crippen LogP contribution is 2.34. The molecule has 9 amide bonds. The first kappa shape index (κ1) is 101. The maximum Gasteiger partial charge on any atom is 0.325 e. The van der Waals surface area contributed by atoms with Gasteiger partial charge in [0, 0.05) is 71.2 Å². The van der Waals surface area contributed by atoms with E-state index in [1.54, 1.807) is 39.2 Å². The fourth-order valence-electron chi connectivity index (χ4n) is 15.7. The van der Waals surface area contributed by atoms with E-state index in [-0.39, 0.29) is 71.6 Å². The van der Waals surface area contributed by atoms with Crippen LogP contribution in [-0.4, -0.2) is 169 Å². The molecule has 0 aliphatic carbocycles. The minimum absolute atomic E-state index is 0.0503. The highest BCUT2D eigenvalue weighted by molar-refractivity contribution is 5.97. The molecule has 131 heavy (non-hydrogen) atoms. The van der Waals surface area contributed by atoms with E-state index in [0.717, 1.165) is 88.3 Å². The number of ether oxygens (including phenoxy) is 2. The SMILES string of the molecule is C=C1/C=C\c2cc3cc(ccc3cn2)[C@@H](C)NC(=O)[C@@H]2CCCN(N2)C(=O)[C@H](C)NC(=O)[C@H](C(C)C)N1.CC(C)[C@@H]1NC(=O)C(C)(C)c2cccc(c2)-c2cc3cc(ccc3cn2)[C@@H](C)OC(=O)C2CCCN(N2)C(=O)[C@H](C)NC1=O.CC(C)[C@@H]1NC(=O)Cc2cccc(c2)-c2cc3cc(ccc3cn2)[C@@H](C)OC(=O)[C@@H]2CCCN(N2)C(=O)[C@H](C)NC1=O.CCCC.CCCC. The Kier molecular flexibility index (Phi) is 35.7. The molecule has 1 unspecified atom stereocenters. The Morgan fingerprint density at radius 1 is 0.412 bits per heavy atom. The minimum Gasteiger partial charge on any atom is -0.457 e. The Morgan fingerprint density at radius 2 is 0.809 bits per heavy atom. The topological polar surface area (TPSA) is 375 Å². The van der Waals surface area contributed by atoms with Crippen LogP contribution >= 0.6 is 0 Å². The zero-order valence-electron chi connectivity index (χ0n) is 79.2. The van der Waals surface area contributed by atoms with Gasteiger partial charge in [0.25, 0.3) is 17.7 Å². The summed E-state index contributed by atoms with van der Waals surface area (Å²) < 4.78 is 11.7. The van der Waals surface area contributed by atoms with Crippen molar-refractivity contribution in [2.24, 2.45) is 17.8 Å². The number of nitrogens with one attached hydrogen (secondary N) is 10. The van der Waals surface area contributed by atoms with Crippen LogP contribution in [0.2, 0.25) is 0 Å². The third-order valence-corrected chi connectivity index (χ3v) is 24.4. The molecule has 8 aromatic rings. The summed E-state index contributed by atoms with van der Waals surface area (Å²) in [7, 11) is 0. The van der Waals surface area contributed by atoms with Crippen molar-refractivity contribution in [3.63, 3.8) is 0 Å². The molecular weight excluding hydrogens is 1660 g/mol. The highest BCUT2D eigenvalue weighted by atomic mass is 16.5. The van der Waals surface area contributed by atoms with Crippen molar-refractivity contribution in [2.75, 3.05) is 19.6 Å². The zero-order chi connectivity index (χ0) is 95.2. The number of benzene rings is 5. The molecule has 700 valence electrons. The zero-order valence-corrected chi connectivity index (χ0v) is 79.2. The van der Waals surface area contributed by atoms with Crippen molar-refractivity contribution in [2.45, 2.75) is 273 Å². The lowest BCUT2D eigenvalue weighted by molar-refractivity contribution is -0.158. The molecule has 0 saturated carbocycles. The number of allylic oxidation sites excluding steroid dienone is 1. The second kappa shape index (κ2) is 46.5. The summed E-state index contributed by atoms with van der Waals surface area (Å²) in [6.07, 6.45) is 16.9. The average Bonchev–Trinajstić information content (AvgIpc) is 0.785. The predicted molar refractivity (Wildman–Crippen MR) is 509 cm³/mol. The van der Waals surface area contributed by atoms with Gasteiger partial charge in [-0.1, -0.05) is 174 Å². The van der Waals surface area contributed by atoms with Gasteiger partial charge >= 0.3 is 11.9 Å². The van der Waals surface area contributed by atoms with E-state index in [1.807, 2.05) is 204 Å². The van der Waals surface area contributed by atoms with E-state index < -0.39 is 95.8 Å². The number of nitrogens with zero attached hydrogens (tertiary/aromatic N) is 6. The van der Waals surface area contributed by atoms with Crippen LogP contribution < -0.4 is 53.5 Å². The summed E-state index contributed by atoms with van der Waals surface area (Å²) >= 11 is 0. The number of aromatic nitrogens is 3. The van der Waals surface area contributed by atoms with Gasteiger partial charge in [-0.15, -0.1) is 0 Å². The van der Waals surface area contributed by atoms with Crippen molar-refractivity contribution in [3.8, 4) is 22.5 Å². The maximum atomic E-state index is 13.7. The van der Waals surface area contributed by atoms with Crippen LogP contribution in [0.3, 0.4) is 0 Å². The van der Waals surface area contributed by atoms with Gasteiger partial charge in [0.05, 0.1) is 35.0 Å². The van der Waals surface area contributed by atoms with E-state index >= 15 is 0 Å². The number of hydrazine groups is 3. The number of carbonyl (C=O) groups is 11. The van der Waals surface area contributed by atoms with Crippen LogP contribution in [0.15, 0.2) is 158 Å². The number of hydrogen-bond donors (Lipinski definition) is 10. The summed E-state index contributed by atoms with van der Waals surface area (Å²) in [5, 5.41) is 30.3. The third-order valence-electron chi connectivity index (χ3n) is 24.4. The summed E-state index contributed by atoms with van der Waals surface area (Å²) in [6.45, 7) is 39.3. The normalized spacial score (nSPS) is 24.1.